The third kappa shape index (κ3) is 5.14. The largest absolute Gasteiger partial charge is 0.381 e. The number of carbonyl (C=O) groups excluding carboxylic acids is 1. The molecular formula is C11H22N2O2. The quantitative estimate of drug-likeness (QED) is 0.586. The third-order valence-electron chi connectivity index (χ3n) is 2.85. The Labute approximate surface area is 91.3 Å². The maximum atomic E-state index is 10.9. The summed E-state index contributed by atoms with van der Waals surface area (Å²) in [5, 5.41) is 0. The lowest BCUT2D eigenvalue weighted by molar-refractivity contribution is -0.122. The van der Waals surface area contributed by atoms with Gasteiger partial charge in [0.15, 0.2) is 0 Å². The molecule has 4 heteroatoms. The van der Waals surface area contributed by atoms with E-state index in [1.54, 1.807) is 6.92 Å². The van der Waals surface area contributed by atoms with E-state index >= 15 is 0 Å². The summed E-state index contributed by atoms with van der Waals surface area (Å²) in [6.45, 7) is 3.35. The van der Waals surface area contributed by atoms with Crippen molar-refractivity contribution < 1.29 is 9.53 Å². The van der Waals surface area contributed by atoms with Gasteiger partial charge in [-0.3, -0.25) is 4.79 Å². The van der Waals surface area contributed by atoms with E-state index in [-0.39, 0.29) is 0 Å². The van der Waals surface area contributed by atoms with Gasteiger partial charge in [-0.05, 0) is 44.9 Å². The molecule has 1 atom stereocenters. The fourth-order valence-electron chi connectivity index (χ4n) is 1.35. The average molecular weight is 214 g/mol. The highest BCUT2D eigenvalue weighted by atomic mass is 16.5. The van der Waals surface area contributed by atoms with Gasteiger partial charge in [-0.1, -0.05) is 0 Å². The Morgan fingerprint density at radius 1 is 1.47 bits per heavy atom. The Morgan fingerprint density at radius 2 is 2.13 bits per heavy atom. The van der Waals surface area contributed by atoms with Crippen molar-refractivity contribution in [1.29, 1.82) is 0 Å². The van der Waals surface area contributed by atoms with Crippen LogP contribution < -0.4 is 11.5 Å². The molecule has 1 amide bonds. The molecule has 0 aliphatic heterocycles. The molecule has 1 fully saturated rings. The highest BCUT2D eigenvalue weighted by Gasteiger charge is 2.24. The van der Waals surface area contributed by atoms with Crippen LogP contribution in [0.2, 0.25) is 0 Å². The van der Waals surface area contributed by atoms with E-state index < -0.39 is 11.4 Å². The van der Waals surface area contributed by atoms with Gasteiger partial charge in [-0.15, -0.1) is 0 Å². The summed E-state index contributed by atoms with van der Waals surface area (Å²) in [5.41, 5.74) is 10.0. The van der Waals surface area contributed by atoms with Gasteiger partial charge in [0, 0.05) is 13.2 Å². The number of carbonyl (C=O) groups is 1. The lowest BCUT2D eigenvalue weighted by atomic mass is 9.96. The van der Waals surface area contributed by atoms with E-state index in [2.05, 4.69) is 0 Å². The van der Waals surface area contributed by atoms with E-state index in [0.29, 0.717) is 6.42 Å². The molecule has 0 heterocycles. The van der Waals surface area contributed by atoms with Crippen molar-refractivity contribution in [3.8, 4) is 0 Å². The topological polar surface area (TPSA) is 78.3 Å². The molecule has 15 heavy (non-hydrogen) atoms. The molecule has 1 rings (SSSR count). The Hall–Kier alpha value is -0.610. The van der Waals surface area contributed by atoms with Gasteiger partial charge in [0.25, 0.3) is 0 Å². The van der Waals surface area contributed by atoms with Gasteiger partial charge in [0.1, 0.15) is 0 Å². The highest BCUT2D eigenvalue weighted by molar-refractivity contribution is 5.83. The van der Waals surface area contributed by atoms with Crippen molar-refractivity contribution in [3.05, 3.63) is 0 Å². The first-order valence-electron chi connectivity index (χ1n) is 5.69. The Kier molecular flexibility index (Phi) is 4.54. The minimum atomic E-state index is -0.865. The van der Waals surface area contributed by atoms with Crippen LogP contribution in [0, 0.1) is 5.92 Å². The number of hydrogen-bond donors (Lipinski definition) is 2. The zero-order chi connectivity index (χ0) is 11.3. The first kappa shape index (κ1) is 12.5. The van der Waals surface area contributed by atoms with Crippen LogP contribution in [0.25, 0.3) is 0 Å². The number of rotatable bonds is 8. The second kappa shape index (κ2) is 5.47. The molecule has 1 saturated carbocycles. The van der Waals surface area contributed by atoms with Crippen LogP contribution in [0.1, 0.15) is 39.0 Å². The molecule has 0 saturated heterocycles. The monoisotopic (exact) mass is 214 g/mol. The van der Waals surface area contributed by atoms with Crippen LogP contribution in [0.5, 0.6) is 0 Å². The van der Waals surface area contributed by atoms with Gasteiger partial charge in [-0.2, -0.15) is 0 Å². The number of ether oxygens (including phenoxy) is 1. The summed E-state index contributed by atoms with van der Waals surface area (Å²) in [7, 11) is 0. The predicted molar refractivity (Wildman–Crippen MR) is 59.2 cm³/mol. The maximum Gasteiger partial charge on any atom is 0.237 e. The Bertz CT molecular complexity index is 213. The van der Waals surface area contributed by atoms with Gasteiger partial charge in [0.2, 0.25) is 5.91 Å². The zero-order valence-electron chi connectivity index (χ0n) is 9.50. The molecule has 0 radical (unpaired) electrons. The SMILES string of the molecule is CC(N)(CCCCOCC1CC1)C(N)=O. The van der Waals surface area contributed by atoms with Crippen LogP contribution in [0.15, 0.2) is 0 Å². The number of nitrogens with two attached hydrogens (primary N) is 2. The molecule has 88 valence electrons. The second-order valence-corrected chi connectivity index (χ2v) is 4.76. The molecule has 0 bridgehead atoms. The summed E-state index contributed by atoms with van der Waals surface area (Å²) in [6.07, 6.45) is 5.12. The molecule has 1 aliphatic carbocycles. The molecule has 1 unspecified atom stereocenters. The summed E-state index contributed by atoms with van der Waals surface area (Å²) < 4.78 is 5.48. The minimum Gasteiger partial charge on any atom is -0.381 e. The fourth-order valence-corrected chi connectivity index (χ4v) is 1.35. The molecular weight excluding hydrogens is 192 g/mol. The normalized spacial score (nSPS) is 19.9. The van der Waals surface area contributed by atoms with E-state index in [9.17, 15) is 4.79 Å². The fraction of sp³-hybridized carbons (Fsp3) is 0.909. The summed E-state index contributed by atoms with van der Waals surface area (Å²) in [5.74, 6) is 0.386. The number of hydrogen-bond acceptors (Lipinski definition) is 3. The standard InChI is InChI=1S/C11H22N2O2/c1-11(13,10(12)14)6-2-3-7-15-8-9-4-5-9/h9H,2-8,13H2,1H3,(H2,12,14). The molecule has 4 N–H and O–H groups in total. The third-order valence-corrected chi connectivity index (χ3v) is 2.85. The molecule has 0 aromatic heterocycles. The minimum absolute atomic E-state index is 0.429. The molecule has 0 spiro atoms. The van der Waals surface area contributed by atoms with Crippen molar-refractivity contribution in [2.24, 2.45) is 17.4 Å². The Morgan fingerprint density at radius 3 is 2.67 bits per heavy atom. The van der Waals surface area contributed by atoms with E-state index in [1.165, 1.54) is 12.8 Å². The van der Waals surface area contributed by atoms with Crippen LogP contribution >= 0.6 is 0 Å². The predicted octanol–water partition coefficient (Wildman–Crippen LogP) is 0.786. The van der Waals surface area contributed by atoms with Crippen molar-refractivity contribution in [2.75, 3.05) is 13.2 Å². The van der Waals surface area contributed by atoms with E-state index in [0.717, 1.165) is 32.0 Å². The molecule has 0 aromatic rings. The van der Waals surface area contributed by atoms with Gasteiger partial charge in [0.05, 0.1) is 5.54 Å². The highest BCUT2D eigenvalue weighted by Crippen LogP contribution is 2.28. The summed E-state index contributed by atoms with van der Waals surface area (Å²) in [6, 6.07) is 0. The van der Waals surface area contributed by atoms with Gasteiger partial charge in [-0.25, -0.2) is 0 Å². The van der Waals surface area contributed by atoms with E-state index in [4.69, 9.17) is 16.2 Å². The first-order chi connectivity index (χ1) is 7.02. The van der Waals surface area contributed by atoms with Crippen LogP contribution in [-0.2, 0) is 9.53 Å². The van der Waals surface area contributed by atoms with E-state index in [1.807, 2.05) is 0 Å². The lowest BCUT2D eigenvalue weighted by Crippen LogP contribution is -2.49. The second-order valence-electron chi connectivity index (χ2n) is 4.76. The van der Waals surface area contributed by atoms with Crippen molar-refractivity contribution in [2.45, 2.75) is 44.6 Å². The van der Waals surface area contributed by atoms with Crippen molar-refractivity contribution in [3.63, 3.8) is 0 Å². The maximum absolute atomic E-state index is 10.9. The number of primary amides is 1. The number of unbranched alkanes of at least 4 members (excludes halogenated alkanes) is 1. The smallest absolute Gasteiger partial charge is 0.237 e. The van der Waals surface area contributed by atoms with Crippen molar-refractivity contribution in [1.82, 2.24) is 0 Å². The lowest BCUT2D eigenvalue weighted by Gasteiger charge is -2.19. The van der Waals surface area contributed by atoms with Crippen LogP contribution in [0.3, 0.4) is 0 Å². The number of amides is 1. The zero-order valence-corrected chi connectivity index (χ0v) is 9.50. The Balaban J connectivity index is 1.93. The van der Waals surface area contributed by atoms with Crippen LogP contribution in [-0.4, -0.2) is 24.7 Å². The summed E-state index contributed by atoms with van der Waals surface area (Å²) in [4.78, 5) is 10.9. The van der Waals surface area contributed by atoms with Crippen LogP contribution in [0.4, 0.5) is 0 Å². The average Bonchev–Trinajstić information content (AvgIpc) is 2.94. The molecule has 0 aromatic carbocycles. The molecule has 1 aliphatic rings. The summed E-state index contributed by atoms with van der Waals surface area (Å²) >= 11 is 0. The first-order valence-corrected chi connectivity index (χ1v) is 5.69. The van der Waals surface area contributed by atoms with Gasteiger partial charge < -0.3 is 16.2 Å². The van der Waals surface area contributed by atoms with Gasteiger partial charge >= 0.3 is 0 Å². The van der Waals surface area contributed by atoms with Crippen molar-refractivity contribution >= 4 is 5.91 Å². The molecule has 4 nitrogen and oxygen atoms in total.